The Kier molecular flexibility index (Phi) is 2.15. The summed E-state index contributed by atoms with van der Waals surface area (Å²) in [6.07, 6.45) is 1.49. The average molecular weight is 159 g/mol. The zero-order valence-corrected chi connectivity index (χ0v) is 6.29. The monoisotopic (exact) mass is 159 g/mol. The highest BCUT2D eigenvalue weighted by Gasteiger charge is 2.38. The van der Waals surface area contributed by atoms with E-state index in [1.807, 2.05) is 0 Å². The molecule has 1 fully saturated rings. The maximum atomic E-state index is 10.6. The first kappa shape index (κ1) is 8.49. The Morgan fingerprint density at radius 2 is 2.27 bits per heavy atom. The molecule has 64 valence electrons. The van der Waals surface area contributed by atoms with Crippen LogP contribution in [-0.2, 0) is 4.79 Å². The van der Waals surface area contributed by atoms with E-state index in [4.69, 9.17) is 15.9 Å². The molecule has 1 saturated carbocycles. The van der Waals surface area contributed by atoms with Gasteiger partial charge in [0.05, 0.1) is 6.10 Å². The van der Waals surface area contributed by atoms with Crippen molar-refractivity contribution in [1.82, 2.24) is 0 Å². The van der Waals surface area contributed by atoms with Crippen molar-refractivity contribution in [2.24, 2.45) is 5.73 Å². The van der Waals surface area contributed by atoms with Crippen molar-refractivity contribution in [3.8, 4) is 0 Å². The van der Waals surface area contributed by atoms with Crippen LogP contribution in [0.4, 0.5) is 0 Å². The Hall–Kier alpha value is -0.610. The SMILES string of the molecule is N[C@@]1(C(=O)O)CCC[C@H](O)C1. The van der Waals surface area contributed by atoms with Crippen molar-refractivity contribution < 1.29 is 15.0 Å². The average Bonchev–Trinajstić information content (AvgIpc) is 1.86. The largest absolute Gasteiger partial charge is 0.480 e. The minimum Gasteiger partial charge on any atom is -0.480 e. The van der Waals surface area contributed by atoms with Crippen molar-refractivity contribution >= 4 is 5.97 Å². The third-order valence-electron chi connectivity index (χ3n) is 2.19. The van der Waals surface area contributed by atoms with Crippen molar-refractivity contribution in [1.29, 1.82) is 0 Å². The van der Waals surface area contributed by atoms with E-state index in [2.05, 4.69) is 0 Å². The molecule has 0 amide bonds. The predicted molar refractivity (Wildman–Crippen MR) is 39.0 cm³/mol. The first-order chi connectivity index (χ1) is 5.04. The molecule has 0 aliphatic heterocycles. The van der Waals surface area contributed by atoms with Crippen LogP contribution in [0.5, 0.6) is 0 Å². The third-order valence-corrected chi connectivity index (χ3v) is 2.19. The van der Waals surface area contributed by atoms with Crippen molar-refractivity contribution in [2.75, 3.05) is 0 Å². The molecule has 4 heteroatoms. The fourth-order valence-corrected chi connectivity index (χ4v) is 1.47. The molecule has 0 heterocycles. The van der Waals surface area contributed by atoms with Gasteiger partial charge in [0.1, 0.15) is 5.54 Å². The molecule has 0 aromatic rings. The van der Waals surface area contributed by atoms with Gasteiger partial charge in [-0.05, 0) is 19.3 Å². The Morgan fingerprint density at radius 1 is 1.64 bits per heavy atom. The number of carboxylic acids is 1. The molecule has 4 nitrogen and oxygen atoms in total. The van der Waals surface area contributed by atoms with Gasteiger partial charge < -0.3 is 15.9 Å². The van der Waals surface area contributed by atoms with Gasteiger partial charge in [0.2, 0.25) is 0 Å². The summed E-state index contributed by atoms with van der Waals surface area (Å²) in [6.45, 7) is 0. The summed E-state index contributed by atoms with van der Waals surface area (Å²) in [4.78, 5) is 10.6. The summed E-state index contributed by atoms with van der Waals surface area (Å²) in [6, 6.07) is 0. The second-order valence-corrected chi connectivity index (χ2v) is 3.21. The number of carboxylic acid groups (broad SMARTS) is 1. The lowest BCUT2D eigenvalue weighted by atomic mass is 9.81. The van der Waals surface area contributed by atoms with Gasteiger partial charge in [-0.1, -0.05) is 0 Å². The zero-order chi connectivity index (χ0) is 8.48. The molecule has 0 aromatic carbocycles. The summed E-state index contributed by atoms with van der Waals surface area (Å²) in [5, 5.41) is 17.8. The van der Waals surface area contributed by atoms with E-state index in [9.17, 15) is 4.79 Å². The lowest BCUT2D eigenvalue weighted by molar-refractivity contribution is -0.146. The molecule has 0 aromatic heterocycles. The number of hydrogen-bond acceptors (Lipinski definition) is 3. The molecule has 0 bridgehead atoms. The highest BCUT2D eigenvalue weighted by atomic mass is 16.4. The van der Waals surface area contributed by atoms with Gasteiger partial charge in [-0.15, -0.1) is 0 Å². The molecule has 0 spiro atoms. The van der Waals surface area contributed by atoms with Crippen LogP contribution in [0.15, 0.2) is 0 Å². The standard InChI is InChI=1S/C7H13NO3/c8-7(6(10)11)3-1-2-5(9)4-7/h5,9H,1-4,8H2,(H,10,11)/t5-,7-/m0/s1. The highest BCUT2D eigenvalue weighted by Crippen LogP contribution is 2.26. The molecule has 4 N–H and O–H groups in total. The lowest BCUT2D eigenvalue weighted by Crippen LogP contribution is -2.52. The van der Waals surface area contributed by atoms with Gasteiger partial charge in [-0.3, -0.25) is 4.79 Å². The van der Waals surface area contributed by atoms with Crippen LogP contribution in [0.2, 0.25) is 0 Å². The predicted octanol–water partition coefficient (Wildman–Crippen LogP) is -0.297. The molecule has 0 unspecified atom stereocenters. The second-order valence-electron chi connectivity index (χ2n) is 3.21. The minimum absolute atomic E-state index is 0.183. The maximum Gasteiger partial charge on any atom is 0.323 e. The maximum absolute atomic E-state index is 10.6. The summed E-state index contributed by atoms with van der Waals surface area (Å²) < 4.78 is 0. The van der Waals surface area contributed by atoms with E-state index in [0.717, 1.165) is 0 Å². The molecular weight excluding hydrogens is 146 g/mol. The number of aliphatic hydroxyl groups is 1. The minimum atomic E-state index is -1.18. The lowest BCUT2D eigenvalue weighted by Gasteiger charge is -2.31. The fourth-order valence-electron chi connectivity index (χ4n) is 1.47. The van der Waals surface area contributed by atoms with Crippen LogP contribution >= 0.6 is 0 Å². The van der Waals surface area contributed by atoms with Crippen LogP contribution in [0.3, 0.4) is 0 Å². The first-order valence-electron chi connectivity index (χ1n) is 3.75. The van der Waals surface area contributed by atoms with Gasteiger partial charge >= 0.3 is 5.97 Å². The van der Waals surface area contributed by atoms with Crippen molar-refractivity contribution in [2.45, 2.75) is 37.3 Å². The van der Waals surface area contributed by atoms with Crippen molar-refractivity contribution in [3.05, 3.63) is 0 Å². The molecule has 11 heavy (non-hydrogen) atoms. The smallest absolute Gasteiger partial charge is 0.323 e. The Balaban J connectivity index is 2.63. The normalized spacial score (nSPS) is 38.5. The number of aliphatic hydroxyl groups excluding tert-OH is 1. The molecule has 1 aliphatic carbocycles. The van der Waals surface area contributed by atoms with Crippen LogP contribution in [-0.4, -0.2) is 27.8 Å². The summed E-state index contributed by atoms with van der Waals surface area (Å²) in [7, 11) is 0. The van der Waals surface area contributed by atoms with E-state index in [0.29, 0.717) is 19.3 Å². The van der Waals surface area contributed by atoms with E-state index >= 15 is 0 Å². The molecule has 1 aliphatic rings. The Bertz CT molecular complexity index is 171. The second kappa shape index (κ2) is 2.79. The van der Waals surface area contributed by atoms with Gasteiger partial charge in [-0.25, -0.2) is 0 Å². The van der Waals surface area contributed by atoms with Gasteiger partial charge in [0.25, 0.3) is 0 Å². The molecule has 2 atom stereocenters. The van der Waals surface area contributed by atoms with Crippen LogP contribution in [0.25, 0.3) is 0 Å². The van der Waals surface area contributed by atoms with E-state index in [1.165, 1.54) is 0 Å². The van der Waals surface area contributed by atoms with Crippen molar-refractivity contribution in [3.63, 3.8) is 0 Å². The highest BCUT2D eigenvalue weighted by molar-refractivity contribution is 5.78. The van der Waals surface area contributed by atoms with E-state index < -0.39 is 17.6 Å². The van der Waals surface area contributed by atoms with Gasteiger partial charge in [0.15, 0.2) is 0 Å². The molecule has 0 radical (unpaired) electrons. The van der Waals surface area contributed by atoms with Crippen LogP contribution < -0.4 is 5.73 Å². The number of aliphatic carboxylic acids is 1. The zero-order valence-electron chi connectivity index (χ0n) is 6.29. The molecule has 1 rings (SSSR count). The Morgan fingerprint density at radius 3 is 2.64 bits per heavy atom. The van der Waals surface area contributed by atoms with E-state index in [-0.39, 0.29) is 6.42 Å². The van der Waals surface area contributed by atoms with Gasteiger partial charge in [-0.2, -0.15) is 0 Å². The quantitative estimate of drug-likeness (QED) is 0.490. The Labute approximate surface area is 65.0 Å². The first-order valence-corrected chi connectivity index (χ1v) is 3.75. The van der Waals surface area contributed by atoms with E-state index in [1.54, 1.807) is 0 Å². The molecule has 0 saturated heterocycles. The topological polar surface area (TPSA) is 83.6 Å². The third kappa shape index (κ3) is 1.70. The van der Waals surface area contributed by atoms with Crippen LogP contribution in [0.1, 0.15) is 25.7 Å². The molecular formula is C7H13NO3. The van der Waals surface area contributed by atoms with Crippen LogP contribution in [0, 0.1) is 0 Å². The number of hydrogen-bond donors (Lipinski definition) is 3. The summed E-state index contributed by atoms with van der Waals surface area (Å²) >= 11 is 0. The van der Waals surface area contributed by atoms with Gasteiger partial charge in [0, 0.05) is 6.42 Å². The summed E-state index contributed by atoms with van der Waals surface area (Å²) in [5.74, 6) is -1.00. The number of rotatable bonds is 1. The summed E-state index contributed by atoms with van der Waals surface area (Å²) in [5.41, 5.74) is 4.35. The number of carbonyl (C=O) groups is 1. The number of nitrogens with two attached hydrogens (primary N) is 1. The fraction of sp³-hybridized carbons (Fsp3) is 0.857.